The summed E-state index contributed by atoms with van der Waals surface area (Å²) in [5.41, 5.74) is 2.53. The number of nitro groups is 1. The number of carbonyl (C=O) groups is 1. The Morgan fingerprint density at radius 2 is 2.09 bits per heavy atom. The van der Waals surface area contributed by atoms with Gasteiger partial charge in [0.2, 0.25) is 0 Å². The highest BCUT2D eigenvalue weighted by Gasteiger charge is 2.27. The van der Waals surface area contributed by atoms with Crippen molar-refractivity contribution in [2.45, 2.75) is 6.42 Å². The van der Waals surface area contributed by atoms with Gasteiger partial charge in [-0.1, -0.05) is 18.2 Å². The Bertz CT molecular complexity index is 856. The van der Waals surface area contributed by atoms with Crippen LogP contribution in [-0.2, 0) is 6.42 Å². The number of allylic oxidation sites excluding steroid dienone is 1. The van der Waals surface area contributed by atoms with Gasteiger partial charge >= 0.3 is 0 Å². The summed E-state index contributed by atoms with van der Waals surface area (Å²) in [6.07, 6.45) is 1.95. The summed E-state index contributed by atoms with van der Waals surface area (Å²) >= 11 is 0. The molecule has 1 aliphatic rings. The highest BCUT2D eigenvalue weighted by Crippen LogP contribution is 2.34. The molecule has 0 saturated carbocycles. The van der Waals surface area contributed by atoms with Gasteiger partial charge < -0.3 is 10.4 Å². The van der Waals surface area contributed by atoms with Crippen LogP contribution in [0, 0.1) is 10.1 Å². The number of ketones is 1. The number of fused-ring (bicyclic) bond motifs is 1. The lowest BCUT2D eigenvalue weighted by atomic mass is 10.1. The Morgan fingerprint density at radius 1 is 1.30 bits per heavy atom. The molecule has 6 nitrogen and oxygen atoms in total. The van der Waals surface area contributed by atoms with Crippen LogP contribution in [0.2, 0.25) is 0 Å². The fourth-order valence-corrected chi connectivity index (χ4v) is 2.74. The lowest BCUT2D eigenvalue weighted by molar-refractivity contribution is -0.383. The highest BCUT2D eigenvalue weighted by molar-refractivity contribution is 6.16. The molecule has 2 aromatic rings. The molecule has 0 unspecified atom stereocenters. The number of aromatic hydroxyl groups is 1. The van der Waals surface area contributed by atoms with Crippen LogP contribution in [0.15, 0.2) is 42.0 Å². The van der Waals surface area contributed by atoms with Crippen LogP contribution in [0.4, 0.5) is 11.4 Å². The Labute approximate surface area is 132 Å². The fraction of sp³-hybridized carbons (Fsp3) is 0.118. The second kappa shape index (κ2) is 5.57. The number of phenolic OH excluding ortho intramolecular Hbond substituents is 1. The predicted octanol–water partition coefficient (Wildman–Crippen LogP) is 3.16. The maximum absolute atomic E-state index is 12.4. The molecule has 0 amide bonds. The number of nitrogens with zero attached hydrogens (tertiary/aromatic N) is 1. The first-order chi connectivity index (χ1) is 11.0. The highest BCUT2D eigenvalue weighted by atomic mass is 16.6. The number of anilines is 1. The quantitative estimate of drug-likeness (QED) is 0.516. The van der Waals surface area contributed by atoms with E-state index in [1.165, 1.54) is 6.07 Å². The molecular formula is C17H14N2O4. The van der Waals surface area contributed by atoms with Crippen LogP contribution in [0.1, 0.15) is 21.5 Å². The molecule has 3 rings (SSSR count). The van der Waals surface area contributed by atoms with Crippen LogP contribution in [0.3, 0.4) is 0 Å². The first kappa shape index (κ1) is 14.8. The van der Waals surface area contributed by atoms with Gasteiger partial charge in [-0.2, -0.15) is 0 Å². The maximum atomic E-state index is 12.4. The van der Waals surface area contributed by atoms with E-state index in [1.54, 1.807) is 43.5 Å². The Hall–Kier alpha value is -3.15. The fourth-order valence-electron chi connectivity index (χ4n) is 2.74. The molecule has 0 aliphatic heterocycles. The summed E-state index contributed by atoms with van der Waals surface area (Å²) < 4.78 is 0. The van der Waals surface area contributed by atoms with Gasteiger partial charge in [-0.15, -0.1) is 0 Å². The number of phenols is 1. The van der Waals surface area contributed by atoms with E-state index in [2.05, 4.69) is 5.32 Å². The van der Waals surface area contributed by atoms with Crippen molar-refractivity contribution in [3.8, 4) is 5.75 Å². The van der Waals surface area contributed by atoms with Crippen molar-refractivity contribution >= 4 is 23.2 Å². The van der Waals surface area contributed by atoms with Crippen molar-refractivity contribution in [2.24, 2.45) is 0 Å². The molecule has 0 atom stereocenters. The zero-order valence-corrected chi connectivity index (χ0v) is 12.4. The lowest BCUT2D eigenvalue weighted by Crippen LogP contribution is -1.98. The molecule has 1 aliphatic carbocycles. The SMILES string of the molecule is CNc1ccc(C=C2Cc3c(O)cccc3C2=O)cc1[N+](=O)[O-]. The number of rotatable bonds is 3. The molecule has 2 aromatic carbocycles. The zero-order valence-electron chi connectivity index (χ0n) is 12.4. The molecule has 0 spiro atoms. The summed E-state index contributed by atoms with van der Waals surface area (Å²) in [6, 6.07) is 9.58. The predicted molar refractivity (Wildman–Crippen MR) is 86.8 cm³/mol. The van der Waals surface area contributed by atoms with Gasteiger partial charge in [0, 0.05) is 36.2 Å². The number of Topliss-reactive ketones (excluding diaryl/α,β-unsaturated/α-hetero) is 1. The van der Waals surface area contributed by atoms with Gasteiger partial charge in [0.1, 0.15) is 11.4 Å². The molecule has 0 heterocycles. The first-order valence-electron chi connectivity index (χ1n) is 7.03. The minimum absolute atomic E-state index is 0.0485. The minimum Gasteiger partial charge on any atom is -0.508 e. The third-order valence-electron chi connectivity index (χ3n) is 3.88. The van der Waals surface area contributed by atoms with Crippen LogP contribution in [-0.4, -0.2) is 22.9 Å². The average molecular weight is 310 g/mol. The third-order valence-corrected chi connectivity index (χ3v) is 3.88. The normalized spacial score (nSPS) is 14.8. The zero-order chi connectivity index (χ0) is 16.6. The molecular weight excluding hydrogens is 296 g/mol. The van der Waals surface area contributed by atoms with Crippen LogP contribution >= 0.6 is 0 Å². The minimum atomic E-state index is -0.467. The Balaban J connectivity index is 2.01. The number of nitro benzene ring substituents is 1. The Kier molecular flexibility index (Phi) is 3.57. The van der Waals surface area contributed by atoms with E-state index in [4.69, 9.17) is 0 Å². The molecule has 0 radical (unpaired) electrons. The average Bonchev–Trinajstić information content (AvgIpc) is 2.85. The number of nitrogens with one attached hydrogen (secondary N) is 1. The molecule has 116 valence electrons. The largest absolute Gasteiger partial charge is 0.508 e. The van der Waals surface area contributed by atoms with E-state index >= 15 is 0 Å². The second-order valence-electron chi connectivity index (χ2n) is 5.26. The molecule has 23 heavy (non-hydrogen) atoms. The van der Waals surface area contributed by atoms with Gasteiger partial charge in [0.15, 0.2) is 5.78 Å². The summed E-state index contributed by atoms with van der Waals surface area (Å²) in [5, 5.41) is 23.7. The lowest BCUT2D eigenvalue weighted by Gasteiger charge is -2.03. The van der Waals surface area contributed by atoms with Gasteiger partial charge in [-0.25, -0.2) is 0 Å². The van der Waals surface area contributed by atoms with Crippen molar-refractivity contribution in [3.05, 3.63) is 68.8 Å². The summed E-state index contributed by atoms with van der Waals surface area (Å²) in [6.45, 7) is 0. The molecule has 2 N–H and O–H groups in total. The van der Waals surface area contributed by atoms with Crippen molar-refractivity contribution in [3.63, 3.8) is 0 Å². The summed E-state index contributed by atoms with van der Waals surface area (Å²) in [7, 11) is 1.61. The van der Waals surface area contributed by atoms with Crippen LogP contribution < -0.4 is 5.32 Å². The molecule has 0 saturated heterocycles. The second-order valence-corrected chi connectivity index (χ2v) is 5.26. The molecule has 6 heteroatoms. The van der Waals surface area contributed by atoms with E-state index in [0.29, 0.717) is 34.4 Å². The van der Waals surface area contributed by atoms with Crippen LogP contribution in [0.25, 0.3) is 6.08 Å². The van der Waals surface area contributed by atoms with Gasteiger partial charge in [-0.3, -0.25) is 14.9 Å². The van der Waals surface area contributed by atoms with E-state index < -0.39 is 4.92 Å². The number of hydrogen-bond acceptors (Lipinski definition) is 5. The van der Waals surface area contributed by atoms with Gasteiger partial charge in [-0.05, 0) is 23.8 Å². The molecule has 0 aromatic heterocycles. The number of benzene rings is 2. The van der Waals surface area contributed by atoms with Crippen molar-refractivity contribution in [1.29, 1.82) is 0 Å². The monoisotopic (exact) mass is 310 g/mol. The number of hydrogen-bond donors (Lipinski definition) is 2. The van der Waals surface area contributed by atoms with Crippen molar-refractivity contribution in [1.82, 2.24) is 0 Å². The molecule has 0 fully saturated rings. The van der Waals surface area contributed by atoms with Crippen molar-refractivity contribution < 1.29 is 14.8 Å². The van der Waals surface area contributed by atoms with E-state index in [-0.39, 0.29) is 17.2 Å². The molecule has 0 bridgehead atoms. The summed E-state index contributed by atoms with van der Waals surface area (Å²) in [5.74, 6) is -0.0630. The maximum Gasteiger partial charge on any atom is 0.292 e. The van der Waals surface area contributed by atoms with Gasteiger partial charge in [0.25, 0.3) is 5.69 Å². The topological polar surface area (TPSA) is 92.5 Å². The van der Waals surface area contributed by atoms with E-state index in [0.717, 1.165) is 0 Å². The van der Waals surface area contributed by atoms with E-state index in [1.807, 2.05) is 0 Å². The number of carbonyl (C=O) groups excluding carboxylic acids is 1. The van der Waals surface area contributed by atoms with E-state index in [9.17, 15) is 20.0 Å². The first-order valence-corrected chi connectivity index (χ1v) is 7.03. The summed E-state index contributed by atoms with van der Waals surface area (Å²) in [4.78, 5) is 23.0. The Morgan fingerprint density at radius 3 is 2.74 bits per heavy atom. The smallest absolute Gasteiger partial charge is 0.292 e. The standard InChI is InChI=1S/C17H14N2O4/c1-18-14-6-5-10(8-15(14)19(22)23)7-11-9-13-12(17(11)21)3-2-4-16(13)20/h2-8,18,20H,9H2,1H3. The van der Waals surface area contributed by atoms with Crippen LogP contribution in [0.5, 0.6) is 5.75 Å². The van der Waals surface area contributed by atoms with Crippen molar-refractivity contribution in [2.75, 3.05) is 12.4 Å². The van der Waals surface area contributed by atoms with Gasteiger partial charge in [0.05, 0.1) is 4.92 Å². The third kappa shape index (κ3) is 2.55.